The smallest absolute Gasteiger partial charge is 0.334 e. The van der Waals surface area contributed by atoms with Gasteiger partial charge in [0.25, 0.3) is 0 Å². The van der Waals surface area contributed by atoms with Gasteiger partial charge in [-0.2, -0.15) is 0 Å². The van der Waals surface area contributed by atoms with Crippen LogP contribution in [0.5, 0.6) is 0 Å². The van der Waals surface area contributed by atoms with Crippen LogP contribution < -0.4 is 10.2 Å². The van der Waals surface area contributed by atoms with E-state index < -0.39 is 24.0 Å². The summed E-state index contributed by atoms with van der Waals surface area (Å²) in [6, 6.07) is 14.7. The second-order valence-corrected chi connectivity index (χ2v) is 8.74. The van der Waals surface area contributed by atoms with Crippen molar-refractivity contribution in [2.45, 2.75) is 32.0 Å². The lowest BCUT2D eigenvalue weighted by atomic mass is 10.0. The van der Waals surface area contributed by atoms with Crippen molar-refractivity contribution in [3.8, 4) is 0 Å². The Morgan fingerprint density at radius 3 is 2.49 bits per heavy atom. The molecule has 2 aromatic carbocycles. The molecule has 2 aliphatic rings. The first kappa shape index (κ1) is 24.7. The Balaban J connectivity index is 1.25. The highest BCUT2D eigenvalue weighted by molar-refractivity contribution is 6.30. The number of hydrogen-bond donors (Lipinski definition) is 1. The molecule has 0 atom stereocenters. The molecule has 0 aromatic heterocycles. The van der Waals surface area contributed by atoms with Crippen LogP contribution in [-0.4, -0.2) is 43.6 Å². The predicted molar refractivity (Wildman–Crippen MR) is 134 cm³/mol. The monoisotopic (exact) mass is 494 g/mol. The minimum atomic E-state index is -1.55. The molecule has 1 N–H and O–H groups in total. The summed E-state index contributed by atoms with van der Waals surface area (Å²) in [5, 5.41) is 4.00. The van der Waals surface area contributed by atoms with Gasteiger partial charge in [0.1, 0.15) is 0 Å². The molecule has 7 nitrogen and oxygen atoms in total. The molecule has 0 saturated carbocycles. The van der Waals surface area contributed by atoms with Gasteiger partial charge < -0.3 is 19.7 Å². The Morgan fingerprint density at radius 1 is 1.00 bits per heavy atom. The van der Waals surface area contributed by atoms with Gasteiger partial charge in [0.05, 0.1) is 0 Å². The van der Waals surface area contributed by atoms with E-state index in [1.54, 1.807) is 6.08 Å². The number of benzene rings is 2. The maximum atomic E-state index is 12.1. The number of carbonyl (C=O) groups is 3. The fourth-order valence-electron chi connectivity index (χ4n) is 4.15. The number of rotatable bonds is 9. The van der Waals surface area contributed by atoms with Crippen LogP contribution in [0.3, 0.4) is 0 Å². The minimum Gasteiger partial charge on any atom is -0.414 e. The number of cyclic esters (lactones) is 2. The lowest BCUT2D eigenvalue weighted by Crippen LogP contribution is -2.28. The second-order valence-electron chi connectivity index (χ2n) is 8.31. The van der Waals surface area contributed by atoms with Crippen molar-refractivity contribution in [3.63, 3.8) is 0 Å². The van der Waals surface area contributed by atoms with Crippen LogP contribution in [0, 0.1) is 0 Å². The van der Waals surface area contributed by atoms with Crippen molar-refractivity contribution in [2.24, 2.45) is 0 Å². The van der Waals surface area contributed by atoms with E-state index in [1.165, 1.54) is 28.6 Å². The third kappa shape index (κ3) is 6.59. The average molecular weight is 495 g/mol. The van der Waals surface area contributed by atoms with Crippen LogP contribution >= 0.6 is 11.6 Å². The van der Waals surface area contributed by atoms with Crippen molar-refractivity contribution in [2.75, 3.05) is 24.5 Å². The van der Waals surface area contributed by atoms with Gasteiger partial charge >= 0.3 is 18.2 Å². The Morgan fingerprint density at radius 2 is 1.71 bits per heavy atom. The van der Waals surface area contributed by atoms with E-state index >= 15 is 0 Å². The summed E-state index contributed by atoms with van der Waals surface area (Å²) in [6.45, 7) is 2.10. The predicted octanol–water partition coefficient (Wildman–Crippen LogP) is 4.05. The van der Waals surface area contributed by atoms with Gasteiger partial charge in [0, 0.05) is 41.6 Å². The SMILES string of the molecule is O=C1C=CC(=O)OC(C(=O)/C=C/CNCCCCN2c3ccccc3CCc3ccc(Cl)cc32)O1. The molecule has 4 rings (SSSR count). The van der Waals surface area contributed by atoms with E-state index in [0.29, 0.717) is 6.54 Å². The third-order valence-electron chi connectivity index (χ3n) is 5.85. The zero-order valence-corrected chi connectivity index (χ0v) is 20.0. The van der Waals surface area contributed by atoms with Crippen molar-refractivity contribution in [1.82, 2.24) is 5.32 Å². The minimum absolute atomic E-state index is 0.462. The molecule has 0 radical (unpaired) electrons. The largest absolute Gasteiger partial charge is 0.414 e. The highest BCUT2D eigenvalue weighted by atomic mass is 35.5. The van der Waals surface area contributed by atoms with Crippen LogP contribution in [0.25, 0.3) is 0 Å². The van der Waals surface area contributed by atoms with Gasteiger partial charge in [-0.1, -0.05) is 41.9 Å². The Hall–Kier alpha value is -3.42. The van der Waals surface area contributed by atoms with Crippen LogP contribution in [0.1, 0.15) is 24.0 Å². The molecule has 2 heterocycles. The molecule has 182 valence electrons. The Bertz CT molecular complexity index is 1140. The van der Waals surface area contributed by atoms with Gasteiger partial charge in [-0.15, -0.1) is 0 Å². The fraction of sp³-hybridized carbons (Fsp3) is 0.296. The molecule has 0 bridgehead atoms. The number of ketones is 1. The van der Waals surface area contributed by atoms with Crippen LogP contribution in [0.4, 0.5) is 11.4 Å². The normalized spacial score (nSPS) is 15.7. The number of para-hydroxylation sites is 1. The van der Waals surface area contributed by atoms with E-state index in [0.717, 1.165) is 55.9 Å². The highest BCUT2D eigenvalue weighted by Gasteiger charge is 2.26. The van der Waals surface area contributed by atoms with Gasteiger partial charge in [-0.25, -0.2) is 9.59 Å². The van der Waals surface area contributed by atoms with Crippen molar-refractivity contribution in [3.05, 3.63) is 82.9 Å². The van der Waals surface area contributed by atoms with E-state index in [9.17, 15) is 14.4 Å². The molecule has 0 saturated heterocycles. The number of halogens is 1. The van der Waals surface area contributed by atoms with Crippen molar-refractivity contribution >= 4 is 40.7 Å². The maximum absolute atomic E-state index is 12.1. The molecule has 35 heavy (non-hydrogen) atoms. The lowest BCUT2D eigenvalue weighted by molar-refractivity contribution is -0.182. The maximum Gasteiger partial charge on any atom is 0.334 e. The van der Waals surface area contributed by atoms with Crippen LogP contribution in [0.15, 0.2) is 66.8 Å². The van der Waals surface area contributed by atoms with E-state index in [4.69, 9.17) is 21.1 Å². The number of esters is 2. The number of ether oxygens (including phenoxy) is 2. The summed E-state index contributed by atoms with van der Waals surface area (Å²) < 4.78 is 9.55. The molecule has 0 aliphatic carbocycles. The fourth-order valence-corrected chi connectivity index (χ4v) is 4.32. The molecule has 0 amide bonds. The standard InChI is InChI=1S/C27H27ClN2O5/c28-21-12-11-20-10-9-19-6-1-2-7-22(19)30(23(20)18-21)17-4-3-15-29-16-5-8-24(31)27-34-25(32)13-14-26(33)35-27/h1-2,5-8,11-14,18,27,29H,3-4,9-10,15-17H2/b8-5+. The summed E-state index contributed by atoms with van der Waals surface area (Å²) in [4.78, 5) is 37.2. The molecule has 0 spiro atoms. The lowest BCUT2D eigenvalue weighted by Gasteiger charge is -2.27. The van der Waals surface area contributed by atoms with E-state index in [-0.39, 0.29) is 0 Å². The zero-order valence-electron chi connectivity index (χ0n) is 19.2. The van der Waals surface area contributed by atoms with Crippen LogP contribution in [0.2, 0.25) is 5.02 Å². The zero-order chi connectivity index (χ0) is 24.6. The van der Waals surface area contributed by atoms with Crippen molar-refractivity contribution < 1.29 is 23.9 Å². The van der Waals surface area contributed by atoms with Gasteiger partial charge in [-0.3, -0.25) is 4.79 Å². The van der Waals surface area contributed by atoms with E-state index in [2.05, 4.69) is 46.6 Å². The molecule has 0 unspecified atom stereocenters. The summed E-state index contributed by atoms with van der Waals surface area (Å²) in [5.74, 6) is -2.19. The topological polar surface area (TPSA) is 84.9 Å². The third-order valence-corrected chi connectivity index (χ3v) is 6.08. The summed E-state index contributed by atoms with van der Waals surface area (Å²) in [6.07, 6.45) is 7.08. The number of fused-ring (bicyclic) bond motifs is 2. The number of anilines is 2. The average Bonchev–Trinajstić information content (AvgIpc) is 3.12. The second kappa shape index (κ2) is 11.8. The van der Waals surface area contributed by atoms with Gasteiger partial charge in [-0.05, 0) is 67.6 Å². The van der Waals surface area contributed by atoms with E-state index in [1.807, 2.05) is 6.07 Å². The molecule has 0 fully saturated rings. The number of unbranched alkanes of at least 4 members (excludes halogenated alkanes) is 1. The summed E-state index contributed by atoms with van der Waals surface area (Å²) in [5.41, 5.74) is 5.05. The Labute approximate surface area is 209 Å². The molecule has 2 aliphatic heterocycles. The Kier molecular flexibility index (Phi) is 8.34. The molecular formula is C27H27ClN2O5. The molecular weight excluding hydrogens is 468 g/mol. The highest BCUT2D eigenvalue weighted by Crippen LogP contribution is 2.37. The number of aryl methyl sites for hydroxylation is 2. The first-order valence-electron chi connectivity index (χ1n) is 11.7. The first-order chi connectivity index (χ1) is 17.0. The number of nitrogens with one attached hydrogen (secondary N) is 1. The van der Waals surface area contributed by atoms with Crippen LogP contribution in [-0.2, 0) is 36.7 Å². The van der Waals surface area contributed by atoms with Gasteiger partial charge in [0.15, 0.2) is 0 Å². The molecule has 8 heteroatoms. The number of hydrogen-bond acceptors (Lipinski definition) is 7. The summed E-state index contributed by atoms with van der Waals surface area (Å²) >= 11 is 6.33. The van der Waals surface area contributed by atoms with Gasteiger partial charge in [0.2, 0.25) is 5.78 Å². The quantitative estimate of drug-likeness (QED) is 0.320. The number of nitrogens with zero attached hydrogens (tertiary/aromatic N) is 1. The number of carbonyl (C=O) groups excluding carboxylic acids is 3. The first-order valence-corrected chi connectivity index (χ1v) is 12.0. The molecule has 2 aromatic rings. The summed E-state index contributed by atoms with van der Waals surface area (Å²) in [7, 11) is 0. The van der Waals surface area contributed by atoms with Crippen molar-refractivity contribution in [1.29, 1.82) is 0 Å².